The number of benzene rings is 5. The lowest BCUT2D eigenvalue weighted by atomic mass is 9.98. The average Bonchev–Trinajstić information content (AvgIpc) is 3.39. The van der Waals surface area contributed by atoms with Crippen LogP contribution in [0.2, 0.25) is 0 Å². The highest BCUT2D eigenvalue weighted by molar-refractivity contribution is 7.25. The molecule has 1 heterocycles. The number of hydrogen-bond acceptors (Lipinski definition) is 1. The van der Waals surface area contributed by atoms with Crippen LogP contribution in [0, 0.1) is 0 Å². The van der Waals surface area contributed by atoms with Crippen LogP contribution in [0.1, 0.15) is 11.1 Å². The van der Waals surface area contributed by atoms with Gasteiger partial charge < -0.3 is 0 Å². The first-order valence-electron chi connectivity index (χ1n) is 11.1. The van der Waals surface area contributed by atoms with E-state index < -0.39 is 0 Å². The molecular formula is C31H20S. The van der Waals surface area contributed by atoms with Crippen molar-refractivity contribution in [2.75, 3.05) is 0 Å². The van der Waals surface area contributed by atoms with Crippen molar-refractivity contribution in [2.45, 2.75) is 6.42 Å². The van der Waals surface area contributed by atoms with E-state index in [1.165, 1.54) is 64.7 Å². The van der Waals surface area contributed by atoms with Crippen molar-refractivity contribution in [3.8, 4) is 33.4 Å². The maximum atomic E-state index is 2.43. The molecule has 6 aromatic rings. The first-order chi connectivity index (χ1) is 15.8. The standard InChI is InChI=1S/C31H20S/c1-3-7-20(8-4-1)22-11-13-26-24(15-22)16-25-18-31-29(19-28(25)26)27-14-12-23(17-30(27)32-31)21-9-5-2-6-10-21/h1-15,17-19H,16H2. The third-order valence-electron chi connectivity index (χ3n) is 6.69. The van der Waals surface area contributed by atoms with Crippen molar-refractivity contribution < 1.29 is 0 Å². The average molecular weight is 425 g/mol. The van der Waals surface area contributed by atoms with Gasteiger partial charge in [-0.05, 0) is 69.1 Å². The molecule has 1 aromatic heterocycles. The molecule has 0 saturated heterocycles. The minimum absolute atomic E-state index is 1.02. The summed E-state index contributed by atoms with van der Waals surface area (Å²) < 4.78 is 2.75. The molecule has 0 atom stereocenters. The zero-order chi connectivity index (χ0) is 21.1. The topological polar surface area (TPSA) is 0 Å². The van der Waals surface area contributed by atoms with Crippen LogP contribution < -0.4 is 0 Å². The number of rotatable bonds is 2. The second-order valence-corrected chi connectivity index (χ2v) is 9.68. The second kappa shape index (κ2) is 6.91. The molecule has 0 bridgehead atoms. The SMILES string of the molecule is c1ccc(-c2ccc3c(c2)Cc2cc4sc5cc(-c6ccccc6)ccc5c4cc2-3)cc1. The van der Waals surface area contributed by atoms with E-state index in [1.807, 2.05) is 11.3 Å². The molecule has 150 valence electrons. The third-order valence-corrected chi connectivity index (χ3v) is 7.80. The van der Waals surface area contributed by atoms with Crippen molar-refractivity contribution in [1.29, 1.82) is 0 Å². The first-order valence-corrected chi connectivity index (χ1v) is 11.9. The molecule has 0 radical (unpaired) electrons. The summed E-state index contributed by atoms with van der Waals surface area (Å²) in [6.45, 7) is 0. The molecule has 0 nitrogen and oxygen atoms in total. The Labute approximate surface area is 191 Å². The molecule has 0 saturated carbocycles. The molecule has 0 fully saturated rings. The smallest absolute Gasteiger partial charge is 0.0361 e. The fourth-order valence-corrected chi connectivity index (χ4v) is 6.28. The summed E-state index contributed by atoms with van der Waals surface area (Å²) in [5.41, 5.74) is 10.8. The largest absolute Gasteiger partial charge is 0.135 e. The summed E-state index contributed by atoms with van der Waals surface area (Å²) in [4.78, 5) is 0. The summed E-state index contributed by atoms with van der Waals surface area (Å²) in [5.74, 6) is 0. The summed E-state index contributed by atoms with van der Waals surface area (Å²) in [6.07, 6.45) is 1.02. The molecule has 32 heavy (non-hydrogen) atoms. The van der Waals surface area contributed by atoms with Crippen LogP contribution in [0.3, 0.4) is 0 Å². The Kier molecular flexibility index (Phi) is 3.88. The van der Waals surface area contributed by atoms with Gasteiger partial charge in [-0.2, -0.15) is 0 Å². The molecule has 1 aliphatic rings. The van der Waals surface area contributed by atoms with E-state index in [0.717, 1.165) is 6.42 Å². The molecule has 0 amide bonds. The first kappa shape index (κ1) is 17.9. The summed E-state index contributed by atoms with van der Waals surface area (Å²) >= 11 is 1.92. The Balaban J connectivity index is 1.35. The molecule has 1 aliphatic carbocycles. The van der Waals surface area contributed by atoms with Crippen LogP contribution in [0.25, 0.3) is 53.6 Å². The van der Waals surface area contributed by atoms with Crippen LogP contribution in [0.15, 0.2) is 109 Å². The predicted molar refractivity (Wildman–Crippen MR) is 138 cm³/mol. The highest BCUT2D eigenvalue weighted by Gasteiger charge is 2.21. The van der Waals surface area contributed by atoms with Gasteiger partial charge >= 0.3 is 0 Å². The Hall–Kier alpha value is -3.68. The van der Waals surface area contributed by atoms with Crippen LogP contribution in [0.5, 0.6) is 0 Å². The van der Waals surface area contributed by atoms with Crippen LogP contribution in [0.4, 0.5) is 0 Å². The Morgan fingerprint density at radius 3 is 1.81 bits per heavy atom. The maximum Gasteiger partial charge on any atom is 0.0361 e. The van der Waals surface area contributed by atoms with E-state index in [0.29, 0.717) is 0 Å². The van der Waals surface area contributed by atoms with Crippen molar-refractivity contribution in [3.05, 3.63) is 120 Å². The zero-order valence-corrected chi connectivity index (χ0v) is 18.3. The van der Waals surface area contributed by atoms with Gasteiger partial charge in [0.05, 0.1) is 0 Å². The minimum Gasteiger partial charge on any atom is -0.135 e. The molecule has 5 aromatic carbocycles. The molecule has 0 N–H and O–H groups in total. The number of fused-ring (bicyclic) bond motifs is 6. The van der Waals surface area contributed by atoms with Gasteiger partial charge in [-0.25, -0.2) is 0 Å². The Morgan fingerprint density at radius 2 is 1.06 bits per heavy atom. The molecule has 0 unspecified atom stereocenters. The van der Waals surface area contributed by atoms with E-state index in [4.69, 9.17) is 0 Å². The van der Waals surface area contributed by atoms with E-state index in [-0.39, 0.29) is 0 Å². The molecule has 7 rings (SSSR count). The second-order valence-electron chi connectivity index (χ2n) is 8.60. The molecule has 0 aliphatic heterocycles. The van der Waals surface area contributed by atoms with Gasteiger partial charge in [0, 0.05) is 20.2 Å². The summed E-state index contributed by atoms with van der Waals surface area (Å²) in [5, 5.41) is 2.74. The Bertz CT molecular complexity index is 1620. The number of hydrogen-bond donors (Lipinski definition) is 0. The monoisotopic (exact) mass is 424 g/mol. The Morgan fingerprint density at radius 1 is 0.438 bits per heavy atom. The quantitative estimate of drug-likeness (QED) is 0.260. The molecular weight excluding hydrogens is 404 g/mol. The van der Waals surface area contributed by atoms with Crippen LogP contribution in [-0.4, -0.2) is 0 Å². The van der Waals surface area contributed by atoms with E-state index in [1.54, 1.807) is 0 Å². The van der Waals surface area contributed by atoms with Crippen molar-refractivity contribution in [1.82, 2.24) is 0 Å². The lowest BCUT2D eigenvalue weighted by Crippen LogP contribution is -1.83. The molecule has 1 heteroatoms. The van der Waals surface area contributed by atoms with E-state index in [2.05, 4.69) is 109 Å². The van der Waals surface area contributed by atoms with Crippen molar-refractivity contribution in [2.24, 2.45) is 0 Å². The van der Waals surface area contributed by atoms with Gasteiger partial charge in [0.25, 0.3) is 0 Å². The summed E-state index contributed by atoms with van der Waals surface area (Å²) in [6, 6.07) is 40.1. The van der Waals surface area contributed by atoms with Gasteiger partial charge in [0.1, 0.15) is 0 Å². The van der Waals surface area contributed by atoms with Gasteiger partial charge in [-0.1, -0.05) is 91.0 Å². The minimum atomic E-state index is 1.02. The lowest BCUT2D eigenvalue weighted by Gasteiger charge is -2.06. The van der Waals surface area contributed by atoms with Gasteiger partial charge in [0.15, 0.2) is 0 Å². The summed E-state index contributed by atoms with van der Waals surface area (Å²) in [7, 11) is 0. The van der Waals surface area contributed by atoms with Crippen LogP contribution >= 0.6 is 11.3 Å². The van der Waals surface area contributed by atoms with Crippen molar-refractivity contribution >= 4 is 31.5 Å². The van der Waals surface area contributed by atoms with Gasteiger partial charge in [-0.15, -0.1) is 11.3 Å². The fourth-order valence-electron chi connectivity index (χ4n) is 5.09. The molecule has 0 spiro atoms. The van der Waals surface area contributed by atoms with E-state index in [9.17, 15) is 0 Å². The van der Waals surface area contributed by atoms with Gasteiger partial charge in [-0.3, -0.25) is 0 Å². The maximum absolute atomic E-state index is 2.43. The normalized spacial score (nSPS) is 12.2. The third kappa shape index (κ3) is 2.75. The highest BCUT2D eigenvalue weighted by Crippen LogP contribution is 2.44. The fraction of sp³-hybridized carbons (Fsp3) is 0.0323. The van der Waals surface area contributed by atoms with Gasteiger partial charge in [0.2, 0.25) is 0 Å². The number of thiophene rings is 1. The highest BCUT2D eigenvalue weighted by atomic mass is 32.1. The van der Waals surface area contributed by atoms with Crippen LogP contribution in [-0.2, 0) is 6.42 Å². The lowest BCUT2D eigenvalue weighted by molar-refractivity contribution is 1.27. The zero-order valence-electron chi connectivity index (χ0n) is 17.5. The predicted octanol–water partition coefficient (Wildman–Crippen LogP) is 8.96. The van der Waals surface area contributed by atoms with E-state index >= 15 is 0 Å². The van der Waals surface area contributed by atoms with Crippen molar-refractivity contribution in [3.63, 3.8) is 0 Å².